The van der Waals surface area contributed by atoms with Gasteiger partial charge in [0.15, 0.2) is 0 Å². The lowest BCUT2D eigenvalue weighted by Crippen LogP contribution is -2.34. The molecule has 1 aliphatic rings. The maximum absolute atomic E-state index is 5.95. The predicted molar refractivity (Wildman–Crippen MR) is 73.0 cm³/mol. The minimum Gasteiger partial charge on any atom is -0.329 e. The van der Waals surface area contributed by atoms with Gasteiger partial charge in [-0.25, -0.2) is 9.97 Å². The molecule has 1 saturated heterocycles. The summed E-state index contributed by atoms with van der Waals surface area (Å²) in [6.45, 7) is 7.50. The molecule has 1 unspecified atom stereocenters. The summed E-state index contributed by atoms with van der Waals surface area (Å²) in [5, 5.41) is 0. The predicted octanol–water partition coefficient (Wildman–Crippen LogP) is 1.99. The SMILES string of the molecule is CCC1(CC)CCN(C(CN)c2ccncn2)C1. The van der Waals surface area contributed by atoms with Gasteiger partial charge in [0, 0.05) is 19.3 Å². The van der Waals surface area contributed by atoms with Crippen LogP contribution in [0.4, 0.5) is 0 Å². The van der Waals surface area contributed by atoms with E-state index in [2.05, 4.69) is 28.7 Å². The minimum atomic E-state index is 0.243. The molecule has 100 valence electrons. The molecule has 1 aromatic rings. The second-order valence-corrected chi connectivity index (χ2v) is 5.31. The summed E-state index contributed by atoms with van der Waals surface area (Å²) in [7, 11) is 0. The minimum absolute atomic E-state index is 0.243. The lowest BCUT2D eigenvalue weighted by atomic mass is 9.82. The maximum atomic E-state index is 5.95. The van der Waals surface area contributed by atoms with E-state index in [1.54, 1.807) is 12.5 Å². The van der Waals surface area contributed by atoms with E-state index in [0.29, 0.717) is 12.0 Å². The van der Waals surface area contributed by atoms with Crippen molar-refractivity contribution < 1.29 is 0 Å². The molecule has 2 N–H and O–H groups in total. The topological polar surface area (TPSA) is 55.0 Å². The lowest BCUT2D eigenvalue weighted by molar-refractivity contribution is 0.195. The van der Waals surface area contributed by atoms with Crippen molar-refractivity contribution in [2.45, 2.75) is 39.2 Å². The number of nitrogens with two attached hydrogens (primary N) is 1. The highest BCUT2D eigenvalue weighted by Gasteiger charge is 2.37. The van der Waals surface area contributed by atoms with Crippen molar-refractivity contribution in [1.29, 1.82) is 0 Å². The summed E-state index contributed by atoms with van der Waals surface area (Å²) in [5.74, 6) is 0. The smallest absolute Gasteiger partial charge is 0.115 e. The van der Waals surface area contributed by atoms with Crippen LogP contribution in [0.15, 0.2) is 18.6 Å². The van der Waals surface area contributed by atoms with E-state index in [1.165, 1.54) is 19.3 Å². The van der Waals surface area contributed by atoms with Crippen LogP contribution in [0.2, 0.25) is 0 Å². The van der Waals surface area contributed by atoms with Crippen LogP contribution < -0.4 is 5.73 Å². The summed E-state index contributed by atoms with van der Waals surface area (Å²) >= 11 is 0. The van der Waals surface area contributed by atoms with Gasteiger partial charge in [0.05, 0.1) is 11.7 Å². The molecule has 0 aromatic carbocycles. The first-order valence-electron chi connectivity index (χ1n) is 6.94. The van der Waals surface area contributed by atoms with Crippen molar-refractivity contribution in [2.75, 3.05) is 19.6 Å². The van der Waals surface area contributed by atoms with Gasteiger partial charge in [-0.1, -0.05) is 13.8 Å². The number of hydrogen-bond acceptors (Lipinski definition) is 4. The molecule has 2 rings (SSSR count). The van der Waals surface area contributed by atoms with E-state index < -0.39 is 0 Å². The Kier molecular flexibility index (Phi) is 4.30. The fourth-order valence-electron chi connectivity index (χ4n) is 3.02. The van der Waals surface area contributed by atoms with E-state index in [0.717, 1.165) is 18.8 Å². The fourth-order valence-corrected chi connectivity index (χ4v) is 3.02. The Morgan fingerprint density at radius 2 is 2.22 bits per heavy atom. The first-order chi connectivity index (χ1) is 8.74. The normalized spacial score (nSPS) is 21.1. The Morgan fingerprint density at radius 3 is 2.72 bits per heavy atom. The van der Waals surface area contributed by atoms with Crippen molar-refractivity contribution in [3.05, 3.63) is 24.3 Å². The Morgan fingerprint density at radius 1 is 1.44 bits per heavy atom. The number of rotatable bonds is 5. The summed E-state index contributed by atoms with van der Waals surface area (Å²) < 4.78 is 0. The monoisotopic (exact) mass is 248 g/mol. The van der Waals surface area contributed by atoms with E-state index in [1.807, 2.05) is 6.07 Å². The standard InChI is InChI=1S/C14H24N4/c1-3-14(4-2)6-8-18(10-14)13(9-15)12-5-7-16-11-17-12/h5,7,11,13H,3-4,6,8-10,15H2,1-2H3. The average Bonchev–Trinajstić information content (AvgIpc) is 2.86. The molecule has 0 radical (unpaired) electrons. The molecular weight excluding hydrogens is 224 g/mol. The van der Waals surface area contributed by atoms with Gasteiger partial charge in [-0.05, 0) is 37.3 Å². The van der Waals surface area contributed by atoms with Gasteiger partial charge >= 0.3 is 0 Å². The molecule has 0 amide bonds. The highest BCUT2D eigenvalue weighted by molar-refractivity contribution is 5.07. The number of likely N-dealkylation sites (tertiary alicyclic amines) is 1. The van der Waals surface area contributed by atoms with Crippen LogP contribution in [-0.2, 0) is 0 Å². The fraction of sp³-hybridized carbons (Fsp3) is 0.714. The third-order valence-electron chi connectivity index (χ3n) is 4.58. The van der Waals surface area contributed by atoms with Crippen molar-refractivity contribution in [3.8, 4) is 0 Å². The van der Waals surface area contributed by atoms with E-state index in [4.69, 9.17) is 5.73 Å². The number of hydrogen-bond donors (Lipinski definition) is 1. The van der Waals surface area contributed by atoms with Crippen LogP contribution in [0.1, 0.15) is 44.8 Å². The molecule has 0 aliphatic carbocycles. The average molecular weight is 248 g/mol. The molecule has 1 atom stereocenters. The Labute approximate surface area is 110 Å². The van der Waals surface area contributed by atoms with E-state index in [9.17, 15) is 0 Å². The first-order valence-corrected chi connectivity index (χ1v) is 6.94. The van der Waals surface area contributed by atoms with Gasteiger partial charge in [-0.15, -0.1) is 0 Å². The summed E-state index contributed by atoms with van der Waals surface area (Å²) in [5.41, 5.74) is 7.49. The van der Waals surface area contributed by atoms with Crippen LogP contribution >= 0.6 is 0 Å². The third-order valence-corrected chi connectivity index (χ3v) is 4.58. The molecule has 4 heteroatoms. The van der Waals surface area contributed by atoms with Crippen LogP contribution in [0, 0.1) is 5.41 Å². The van der Waals surface area contributed by atoms with Crippen LogP contribution in [0.25, 0.3) is 0 Å². The van der Waals surface area contributed by atoms with E-state index >= 15 is 0 Å². The van der Waals surface area contributed by atoms with Crippen molar-refractivity contribution in [2.24, 2.45) is 11.1 Å². The molecule has 0 saturated carbocycles. The number of nitrogens with zero attached hydrogens (tertiary/aromatic N) is 3. The van der Waals surface area contributed by atoms with Crippen molar-refractivity contribution in [1.82, 2.24) is 14.9 Å². The Hall–Kier alpha value is -1.00. The molecule has 1 fully saturated rings. The van der Waals surface area contributed by atoms with Crippen molar-refractivity contribution in [3.63, 3.8) is 0 Å². The molecule has 2 heterocycles. The van der Waals surface area contributed by atoms with Gasteiger partial charge in [-0.3, -0.25) is 4.90 Å². The molecule has 1 aliphatic heterocycles. The summed E-state index contributed by atoms with van der Waals surface area (Å²) in [4.78, 5) is 10.8. The molecule has 4 nitrogen and oxygen atoms in total. The Balaban J connectivity index is 2.12. The van der Waals surface area contributed by atoms with Crippen LogP contribution in [0.3, 0.4) is 0 Å². The summed E-state index contributed by atoms with van der Waals surface area (Å²) in [6, 6.07) is 2.23. The van der Waals surface area contributed by atoms with Gasteiger partial charge in [0.1, 0.15) is 6.33 Å². The molecule has 0 spiro atoms. The zero-order chi connectivity index (χ0) is 13.0. The van der Waals surface area contributed by atoms with Crippen LogP contribution in [0.5, 0.6) is 0 Å². The zero-order valence-corrected chi connectivity index (χ0v) is 11.5. The largest absolute Gasteiger partial charge is 0.329 e. The lowest BCUT2D eigenvalue weighted by Gasteiger charge is -2.30. The van der Waals surface area contributed by atoms with E-state index in [-0.39, 0.29) is 6.04 Å². The molecule has 18 heavy (non-hydrogen) atoms. The van der Waals surface area contributed by atoms with Gasteiger partial charge in [0.2, 0.25) is 0 Å². The van der Waals surface area contributed by atoms with Crippen molar-refractivity contribution >= 4 is 0 Å². The quantitative estimate of drug-likeness (QED) is 0.866. The summed E-state index contributed by atoms with van der Waals surface area (Å²) in [6.07, 6.45) is 7.19. The molecule has 0 bridgehead atoms. The second kappa shape index (κ2) is 5.76. The molecular formula is C14H24N4. The molecule has 1 aromatic heterocycles. The maximum Gasteiger partial charge on any atom is 0.115 e. The zero-order valence-electron chi connectivity index (χ0n) is 11.5. The first kappa shape index (κ1) is 13.4. The van der Waals surface area contributed by atoms with Gasteiger partial charge in [0.25, 0.3) is 0 Å². The van der Waals surface area contributed by atoms with Gasteiger partial charge in [-0.2, -0.15) is 0 Å². The van der Waals surface area contributed by atoms with Crippen LogP contribution in [-0.4, -0.2) is 34.5 Å². The highest BCUT2D eigenvalue weighted by Crippen LogP contribution is 2.39. The number of aromatic nitrogens is 2. The van der Waals surface area contributed by atoms with Gasteiger partial charge < -0.3 is 5.73 Å². The highest BCUT2D eigenvalue weighted by atomic mass is 15.2. The second-order valence-electron chi connectivity index (χ2n) is 5.31. The Bertz CT molecular complexity index is 361. The third kappa shape index (κ3) is 2.54.